The largest absolute Gasteiger partial charge is 0.480 e. The minimum Gasteiger partial charge on any atom is -0.480 e. The van der Waals surface area contributed by atoms with Gasteiger partial charge in [-0.2, -0.15) is 0 Å². The first-order valence-corrected chi connectivity index (χ1v) is 7.36. The van der Waals surface area contributed by atoms with Crippen molar-refractivity contribution in [3.63, 3.8) is 0 Å². The van der Waals surface area contributed by atoms with E-state index < -0.39 is 12.0 Å². The second-order valence-electron chi connectivity index (χ2n) is 5.33. The fourth-order valence-corrected chi connectivity index (χ4v) is 2.44. The number of nitrogens with one attached hydrogen (secondary N) is 2. The van der Waals surface area contributed by atoms with Crippen LogP contribution in [0.5, 0.6) is 0 Å². The zero-order chi connectivity index (χ0) is 14.1. The molecule has 0 aromatic heterocycles. The van der Waals surface area contributed by atoms with Gasteiger partial charge < -0.3 is 15.7 Å². The number of aliphatic carboxylic acids is 1. The summed E-state index contributed by atoms with van der Waals surface area (Å²) in [6, 6.07) is -0.722. The monoisotopic (exact) mass is 270 g/mol. The number of unbranched alkanes of at least 4 members (excludes halogenated alkanes) is 1. The van der Waals surface area contributed by atoms with Gasteiger partial charge in [0, 0.05) is 6.42 Å². The number of carboxylic acids is 1. The van der Waals surface area contributed by atoms with E-state index in [2.05, 4.69) is 10.6 Å². The average Bonchev–Trinajstić information content (AvgIpc) is 2.42. The zero-order valence-corrected chi connectivity index (χ0v) is 11.8. The van der Waals surface area contributed by atoms with E-state index >= 15 is 0 Å². The minimum atomic E-state index is -0.927. The number of carbonyl (C=O) groups excluding carboxylic acids is 1. The van der Waals surface area contributed by atoms with Crippen LogP contribution in [0, 0.1) is 5.92 Å². The molecule has 1 saturated heterocycles. The second-order valence-corrected chi connectivity index (χ2v) is 5.33. The summed E-state index contributed by atoms with van der Waals surface area (Å²) in [5, 5.41) is 15.0. The van der Waals surface area contributed by atoms with Crippen LogP contribution < -0.4 is 10.6 Å². The van der Waals surface area contributed by atoms with Crippen LogP contribution in [-0.2, 0) is 9.59 Å². The maximum atomic E-state index is 11.8. The maximum absolute atomic E-state index is 11.8. The zero-order valence-electron chi connectivity index (χ0n) is 11.8. The Kier molecular flexibility index (Phi) is 7.48. The van der Waals surface area contributed by atoms with Crippen LogP contribution in [-0.4, -0.2) is 36.1 Å². The first kappa shape index (κ1) is 16.0. The van der Waals surface area contributed by atoms with E-state index in [4.69, 9.17) is 5.11 Å². The Balaban J connectivity index is 2.25. The standard InChI is InChI=1S/C14H26N2O3/c1-2-3-4-12(14(18)19)16-13(17)6-5-11-7-9-15-10-8-11/h11-12,15H,2-10H2,1H3,(H,16,17)(H,18,19)/t12-/m0/s1. The number of carboxylic acid groups (broad SMARTS) is 1. The Labute approximate surface area is 115 Å². The summed E-state index contributed by atoms with van der Waals surface area (Å²) in [4.78, 5) is 22.8. The van der Waals surface area contributed by atoms with E-state index in [0.29, 0.717) is 18.8 Å². The Morgan fingerprint density at radius 3 is 2.63 bits per heavy atom. The summed E-state index contributed by atoms with van der Waals surface area (Å²) in [7, 11) is 0. The van der Waals surface area contributed by atoms with Crippen LogP contribution in [0.2, 0.25) is 0 Å². The summed E-state index contributed by atoms with van der Waals surface area (Å²) in [5.74, 6) is -0.448. The lowest BCUT2D eigenvalue weighted by molar-refractivity contribution is -0.142. The van der Waals surface area contributed by atoms with E-state index in [0.717, 1.165) is 45.2 Å². The van der Waals surface area contributed by atoms with Crippen LogP contribution in [0.1, 0.15) is 51.9 Å². The molecule has 1 atom stereocenters. The lowest BCUT2D eigenvalue weighted by Crippen LogP contribution is -2.41. The van der Waals surface area contributed by atoms with Crippen molar-refractivity contribution in [1.82, 2.24) is 10.6 Å². The fraction of sp³-hybridized carbons (Fsp3) is 0.857. The average molecular weight is 270 g/mol. The van der Waals surface area contributed by atoms with Gasteiger partial charge in [-0.05, 0) is 44.7 Å². The molecule has 3 N–H and O–H groups in total. The van der Waals surface area contributed by atoms with Crippen LogP contribution in [0.4, 0.5) is 0 Å². The van der Waals surface area contributed by atoms with Crippen molar-refractivity contribution >= 4 is 11.9 Å². The molecule has 0 aromatic rings. The molecular formula is C14H26N2O3. The molecule has 0 unspecified atom stereocenters. The van der Waals surface area contributed by atoms with Crippen LogP contribution in [0.25, 0.3) is 0 Å². The normalized spacial score (nSPS) is 17.9. The summed E-state index contributed by atoms with van der Waals surface area (Å²) in [6.07, 6.45) is 5.83. The summed E-state index contributed by atoms with van der Waals surface area (Å²) < 4.78 is 0. The number of hydrogen-bond donors (Lipinski definition) is 3. The van der Waals surface area contributed by atoms with Gasteiger partial charge in [0.05, 0.1) is 0 Å². The van der Waals surface area contributed by atoms with Crippen molar-refractivity contribution in [3.8, 4) is 0 Å². The second kappa shape index (κ2) is 8.91. The fourth-order valence-electron chi connectivity index (χ4n) is 2.44. The SMILES string of the molecule is CCCC[C@H](NC(=O)CCC1CCNCC1)C(=O)O. The van der Waals surface area contributed by atoms with Gasteiger partial charge in [-0.15, -0.1) is 0 Å². The van der Waals surface area contributed by atoms with Crippen LogP contribution in [0.15, 0.2) is 0 Å². The molecule has 1 fully saturated rings. The Morgan fingerprint density at radius 1 is 1.37 bits per heavy atom. The Bertz CT molecular complexity index is 288. The van der Waals surface area contributed by atoms with Crippen molar-refractivity contribution in [2.75, 3.05) is 13.1 Å². The number of piperidine rings is 1. The first-order chi connectivity index (χ1) is 9.13. The molecule has 1 heterocycles. The number of hydrogen-bond acceptors (Lipinski definition) is 3. The van der Waals surface area contributed by atoms with Gasteiger partial charge in [-0.3, -0.25) is 4.79 Å². The lowest BCUT2D eigenvalue weighted by atomic mass is 9.93. The first-order valence-electron chi connectivity index (χ1n) is 7.36. The molecule has 5 nitrogen and oxygen atoms in total. The van der Waals surface area contributed by atoms with Gasteiger partial charge in [-0.1, -0.05) is 19.8 Å². The van der Waals surface area contributed by atoms with E-state index in [1.165, 1.54) is 0 Å². The summed E-state index contributed by atoms with van der Waals surface area (Å²) in [5.41, 5.74) is 0. The lowest BCUT2D eigenvalue weighted by Gasteiger charge is -2.22. The molecule has 5 heteroatoms. The molecule has 1 amide bonds. The number of amides is 1. The molecule has 0 bridgehead atoms. The van der Waals surface area contributed by atoms with Crippen molar-refractivity contribution in [2.24, 2.45) is 5.92 Å². The highest BCUT2D eigenvalue weighted by atomic mass is 16.4. The van der Waals surface area contributed by atoms with E-state index in [1.54, 1.807) is 0 Å². The van der Waals surface area contributed by atoms with Gasteiger partial charge >= 0.3 is 5.97 Å². The predicted octanol–water partition coefficient (Wildman–Crippen LogP) is 1.53. The van der Waals surface area contributed by atoms with Crippen molar-refractivity contribution in [2.45, 2.75) is 57.9 Å². The van der Waals surface area contributed by atoms with Gasteiger partial charge in [0.15, 0.2) is 0 Å². The molecule has 0 spiro atoms. The summed E-state index contributed by atoms with van der Waals surface area (Å²) >= 11 is 0. The maximum Gasteiger partial charge on any atom is 0.326 e. The summed E-state index contributed by atoms with van der Waals surface area (Å²) in [6.45, 7) is 4.07. The van der Waals surface area contributed by atoms with Gasteiger partial charge in [0.25, 0.3) is 0 Å². The third-order valence-electron chi connectivity index (χ3n) is 3.72. The van der Waals surface area contributed by atoms with Crippen molar-refractivity contribution in [1.29, 1.82) is 0 Å². The van der Waals surface area contributed by atoms with Crippen LogP contribution in [0.3, 0.4) is 0 Å². The van der Waals surface area contributed by atoms with Crippen molar-refractivity contribution < 1.29 is 14.7 Å². The molecule has 0 radical (unpaired) electrons. The third-order valence-corrected chi connectivity index (χ3v) is 3.72. The predicted molar refractivity (Wildman–Crippen MR) is 73.9 cm³/mol. The smallest absolute Gasteiger partial charge is 0.326 e. The number of carbonyl (C=O) groups is 2. The Morgan fingerprint density at radius 2 is 2.05 bits per heavy atom. The topological polar surface area (TPSA) is 78.4 Å². The minimum absolute atomic E-state index is 0.123. The van der Waals surface area contributed by atoms with E-state index in [-0.39, 0.29) is 5.91 Å². The van der Waals surface area contributed by atoms with Gasteiger partial charge in [0.2, 0.25) is 5.91 Å². The highest BCUT2D eigenvalue weighted by Gasteiger charge is 2.20. The molecular weight excluding hydrogens is 244 g/mol. The van der Waals surface area contributed by atoms with E-state index in [9.17, 15) is 9.59 Å². The highest BCUT2D eigenvalue weighted by molar-refractivity contribution is 5.83. The molecule has 0 saturated carbocycles. The van der Waals surface area contributed by atoms with Crippen LogP contribution >= 0.6 is 0 Å². The molecule has 1 aliphatic rings. The molecule has 1 aliphatic heterocycles. The molecule has 0 aliphatic carbocycles. The van der Waals surface area contributed by atoms with Crippen molar-refractivity contribution in [3.05, 3.63) is 0 Å². The molecule has 1 rings (SSSR count). The highest BCUT2D eigenvalue weighted by Crippen LogP contribution is 2.17. The van der Waals surface area contributed by atoms with E-state index in [1.807, 2.05) is 6.92 Å². The number of rotatable bonds is 8. The quantitative estimate of drug-likeness (QED) is 0.625. The van der Waals surface area contributed by atoms with Gasteiger partial charge in [-0.25, -0.2) is 4.79 Å². The van der Waals surface area contributed by atoms with Gasteiger partial charge in [0.1, 0.15) is 6.04 Å². The third kappa shape index (κ3) is 6.57. The molecule has 110 valence electrons. The molecule has 19 heavy (non-hydrogen) atoms. The Hall–Kier alpha value is -1.10. The molecule has 0 aromatic carbocycles.